The Hall–Kier alpha value is -1.92. The number of pyridine rings is 1. The van der Waals surface area contributed by atoms with Crippen LogP contribution >= 0.6 is 0 Å². The van der Waals surface area contributed by atoms with E-state index in [1.54, 1.807) is 0 Å². The average Bonchev–Trinajstić information content (AvgIpc) is 2.58. The predicted octanol–water partition coefficient (Wildman–Crippen LogP) is 1.99. The number of hydrogen-bond donors (Lipinski definition) is 1. The highest BCUT2D eigenvalue weighted by Gasteiger charge is 2.29. The molecule has 0 amide bonds. The second-order valence-corrected chi connectivity index (χ2v) is 3.23. The molecule has 0 bridgehead atoms. The van der Waals surface area contributed by atoms with Crippen LogP contribution in [0.15, 0.2) is 18.5 Å². The molecule has 2 aromatic rings. The molecule has 0 aliphatic heterocycles. The topological polar surface area (TPSA) is 54.6 Å². The van der Waals surface area contributed by atoms with Crippen LogP contribution in [0.4, 0.5) is 13.2 Å². The van der Waals surface area contributed by atoms with Crippen LogP contribution in [0.5, 0.6) is 0 Å². The maximum absolute atomic E-state index is 12.2. The van der Waals surface area contributed by atoms with Crippen LogP contribution in [-0.2, 0) is 6.54 Å². The van der Waals surface area contributed by atoms with Crippen molar-refractivity contribution in [3.63, 3.8) is 0 Å². The fourth-order valence-corrected chi connectivity index (χ4v) is 1.37. The summed E-state index contributed by atoms with van der Waals surface area (Å²) in [4.78, 5) is 3.82. The molecule has 0 fully saturated rings. The minimum Gasteiger partial charge on any atom is -0.307 e. The summed E-state index contributed by atoms with van der Waals surface area (Å²) < 4.78 is 37.4. The normalized spacial score (nSPS) is 11.9. The van der Waals surface area contributed by atoms with Crippen LogP contribution in [0, 0.1) is 5.41 Å². The average molecular weight is 228 g/mol. The second kappa shape index (κ2) is 3.58. The summed E-state index contributed by atoms with van der Waals surface area (Å²) >= 11 is 0. The SMILES string of the molecule is N=Cc1cc2cnn(CC(F)(F)F)c2cn1. The number of aromatic nitrogens is 3. The van der Waals surface area contributed by atoms with Gasteiger partial charge in [0.1, 0.15) is 6.54 Å². The Bertz CT molecular complexity index is 529. The summed E-state index contributed by atoms with van der Waals surface area (Å²) in [6.45, 7) is -1.14. The number of fused-ring (bicyclic) bond motifs is 1. The molecular weight excluding hydrogens is 221 g/mol. The fraction of sp³-hybridized carbons (Fsp3) is 0.222. The molecule has 1 N–H and O–H groups in total. The van der Waals surface area contributed by atoms with E-state index in [0.717, 1.165) is 10.9 Å². The van der Waals surface area contributed by atoms with Gasteiger partial charge < -0.3 is 5.41 Å². The lowest BCUT2D eigenvalue weighted by atomic mass is 10.3. The first-order chi connectivity index (χ1) is 7.49. The standard InChI is InChI=1S/C9H7F3N4/c10-9(11,12)5-16-8-4-14-7(2-13)1-6(8)3-15-16/h1-4,13H,5H2. The summed E-state index contributed by atoms with van der Waals surface area (Å²) in [7, 11) is 0. The van der Waals surface area contributed by atoms with Crippen molar-refractivity contribution in [3.8, 4) is 0 Å². The molecule has 0 saturated heterocycles. The zero-order chi connectivity index (χ0) is 11.8. The van der Waals surface area contributed by atoms with Gasteiger partial charge in [-0.05, 0) is 6.07 Å². The molecular formula is C9H7F3N4. The monoisotopic (exact) mass is 228 g/mol. The number of rotatable bonds is 2. The lowest BCUT2D eigenvalue weighted by molar-refractivity contribution is -0.141. The van der Waals surface area contributed by atoms with E-state index in [-0.39, 0.29) is 0 Å². The molecule has 84 valence electrons. The second-order valence-electron chi connectivity index (χ2n) is 3.23. The summed E-state index contributed by atoms with van der Waals surface area (Å²) in [6.07, 6.45) is -0.663. The smallest absolute Gasteiger partial charge is 0.307 e. The van der Waals surface area contributed by atoms with E-state index in [1.165, 1.54) is 18.5 Å². The lowest BCUT2D eigenvalue weighted by Gasteiger charge is -2.06. The van der Waals surface area contributed by atoms with Gasteiger partial charge in [0.05, 0.1) is 23.6 Å². The van der Waals surface area contributed by atoms with E-state index in [9.17, 15) is 13.2 Å². The number of nitrogens with one attached hydrogen (secondary N) is 1. The predicted molar refractivity (Wildman–Crippen MR) is 51.5 cm³/mol. The van der Waals surface area contributed by atoms with Gasteiger partial charge in [-0.1, -0.05) is 0 Å². The third-order valence-corrected chi connectivity index (χ3v) is 2.03. The van der Waals surface area contributed by atoms with E-state index < -0.39 is 12.7 Å². The van der Waals surface area contributed by atoms with Gasteiger partial charge >= 0.3 is 6.18 Å². The summed E-state index contributed by atoms with van der Waals surface area (Å²) in [5.74, 6) is 0. The molecule has 2 aromatic heterocycles. The number of alkyl halides is 3. The Kier molecular flexibility index (Phi) is 2.37. The summed E-state index contributed by atoms with van der Waals surface area (Å²) in [5.41, 5.74) is 0.696. The first-order valence-electron chi connectivity index (χ1n) is 4.38. The van der Waals surface area contributed by atoms with E-state index in [2.05, 4.69) is 10.1 Å². The van der Waals surface area contributed by atoms with Crippen molar-refractivity contribution in [2.24, 2.45) is 0 Å². The number of nitrogens with zero attached hydrogens (tertiary/aromatic N) is 3. The number of hydrogen-bond acceptors (Lipinski definition) is 3. The molecule has 0 aromatic carbocycles. The molecule has 0 aliphatic rings. The van der Waals surface area contributed by atoms with Crippen molar-refractivity contribution in [1.82, 2.24) is 14.8 Å². The minimum absolute atomic E-state index is 0.308. The molecule has 0 unspecified atom stereocenters. The molecule has 4 nitrogen and oxygen atoms in total. The summed E-state index contributed by atoms with van der Waals surface area (Å²) in [6, 6.07) is 1.52. The Morgan fingerprint density at radius 3 is 2.75 bits per heavy atom. The van der Waals surface area contributed by atoms with Crippen LogP contribution in [0.2, 0.25) is 0 Å². The van der Waals surface area contributed by atoms with Crippen LogP contribution in [0.1, 0.15) is 5.69 Å². The van der Waals surface area contributed by atoms with E-state index in [0.29, 0.717) is 16.6 Å². The molecule has 7 heteroatoms. The Balaban J connectivity index is 2.45. The van der Waals surface area contributed by atoms with Crippen molar-refractivity contribution in [3.05, 3.63) is 24.2 Å². The molecule has 0 radical (unpaired) electrons. The zero-order valence-electron chi connectivity index (χ0n) is 7.99. The van der Waals surface area contributed by atoms with Crippen molar-refractivity contribution in [2.75, 3.05) is 0 Å². The highest BCUT2D eigenvalue weighted by molar-refractivity contribution is 5.84. The molecule has 0 atom stereocenters. The largest absolute Gasteiger partial charge is 0.408 e. The maximum Gasteiger partial charge on any atom is 0.408 e. The molecule has 16 heavy (non-hydrogen) atoms. The first-order valence-corrected chi connectivity index (χ1v) is 4.38. The van der Waals surface area contributed by atoms with Gasteiger partial charge in [0, 0.05) is 11.6 Å². The van der Waals surface area contributed by atoms with Crippen LogP contribution in [0.3, 0.4) is 0 Å². The van der Waals surface area contributed by atoms with Gasteiger partial charge in [-0.15, -0.1) is 0 Å². The van der Waals surface area contributed by atoms with Crippen LogP contribution in [0.25, 0.3) is 10.9 Å². The van der Waals surface area contributed by atoms with Crippen molar-refractivity contribution in [2.45, 2.75) is 12.7 Å². The molecule has 2 rings (SSSR count). The molecule has 0 saturated carbocycles. The summed E-state index contributed by atoms with van der Waals surface area (Å²) in [5, 5.41) is 11.2. The Morgan fingerprint density at radius 2 is 2.12 bits per heavy atom. The molecule has 0 aliphatic carbocycles. The first kappa shape index (κ1) is 10.6. The molecule has 0 spiro atoms. The zero-order valence-corrected chi connectivity index (χ0v) is 7.99. The minimum atomic E-state index is -4.31. The lowest BCUT2D eigenvalue weighted by Crippen LogP contribution is -2.18. The fourth-order valence-electron chi connectivity index (χ4n) is 1.37. The van der Waals surface area contributed by atoms with Gasteiger partial charge in [-0.25, -0.2) is 0 Å². The van der Waals surface area contributed by atoms with Gasteiger partial charge in [0.15, 0.2) is 0 Å². The van der Waals surface area contributed by atoms with Gasteiger partial charge in [-0.3, -0.25) is 9.67 Å². The van der Waals surface area contributed by atoms with Crippen molar-refractivity contribution >= 4 is 17.1 Å². The van der Waals surface area contributed by atoms with Crippen LogP contribution < -0.4 is 0 Å². The highest BCUT2D eigenvalue weighted by Crippen LogP contribution is 2.20. The highest BCUT2D eigenvalue weighted by atomic mass is 19.4. The van der Waals surface area contributed by atoms with Gasteiger partial charge in [0.25, 0.3) is 0 Å². The molecule has 2 heterocycles. The third-order valence-electron chi connectivity index (χ3n) is 2.03. The Labute approximate surface area is 88.2 Å². The third kappa shape index (κ3) is 2.02. The van der Waals surface area contributed by atoms with Crippen LogP contribution in [-0.4, -0.2) is 27.2 Å². The van der Waals surface area contributed by atoms with Gasteiger partial charge in [-0.2, -0.15) is 18.3 Å². The number of halogens is 3. The quantitative estimate of drug-likeness (QED) is 0.799. The maximum atomic E-state index is 12.2. The van der Waals surface area contributed by atoms with Gasteiger partial charge in [0.2, 0.25) is 0 Å². The van der Waals surface area contributed by atoms with Crippen molar-refractivity contribution in [1.29, 1.82) is 5.41 Å². The van der Waals surface area contributed by atoms with Crippen molar-refractivity contribution < 1.29 is 13.2 Å². The van der Waals surface area contributed by atoms with E-state index in [1.807, 2.05) is 0 Å². The van der Waals surface area contributed by atoms with E-state index >= 15 is 0 Å². The Morgan fingerprint density at radius 1 is 1.38 bits per heavy atom. The van der Waals surface area contributed by atoms with E-state index in [4.69, 9.17) is 5.41 Å².